The third kappa shape index (κ3) is 3.66. The molecule has 1 aliphatic heterocycles. The lowest BCUT2D eigenvalue weighted by atomic mass is 9.97. The van der Waals surface area contributed by atoms with Crippen LogP contribution in [0.1, 0.15) is 18.4 Å². The van der Waals surface area contributed by atoms with Crippen LogP contribution in [-0.2, 0) is 6.54 Å². The van der Waals surface area contributed by atoms with Gasteiger partial charge in [0.1, 0.15) is 11.5 Å². The first kappa shape index (κ1) is 16.5. The van der Waals surface area contributed by atoms with E-state index in [1.165, 1.54) is 5.56 Å². The van der Waals surface area contributed by atoms with Gasteiger partial charge >= 0.3 is 0 Å². The van der Waals surface area contributed by atoms with Gasteiger partial charge in [-0.3, -0.25) is 4.68 Å². The molecule has 26 heavy (non-hydrogen) atoms. The van der Waals surface area contributed by atoms with Crippen LogP contribution in [0.25, 0.3) is 11.3 Å². The van der Waals surface area contributed by atoms with E-state index in [1.54, 1.807) is 6.20 Å². The van der Waals surface area contributed by atoms with Crippen molar-refractivity contribution in [2.45, 2.75) is 26.3 Å². The highest BCUT2D eigenvalue weighted by Crippen LogP contribution is 2.24. The fraction of sp³-hybridized carbons (Fsp3) is 0.368. The molecule has 1 aromatic carbocycles. The van der Waals surface area contributed by atoms with Crippen molar-refractivity contribution < 1.29 is 0 Å². The number of aryl methyl sites for hydroxylation is 1. The summed E-state index contributed by atoms with van der Waals surface area (Å²) in [6.07, 6.45) is 5.96. The number of aromatic nitrogens is 5. The van der Waals surface area contributed by atoms with Crippen molar-refractivity contribution in [2.24, 2.45) is 5.92 Å². The Morgan fingerprint density at radius 2 is 1.88 bits per heavy atom. The molecular weight excluding hydrogens is 326 g/mol. The number of rotatable bonds is 4. The summed E-state index contributed by atoms with van der Waals surface area (Å²) >= 11 is 0. The normalized spacial score (nSPS) is 15.3. The lowest BCUT2D eigenvalue weighted by molar-refractivity contribution is 0.338. The third-order valence-corrected chi connectivity index (χ3v) is 4.93. The second-order valence-electron chi connectivity index (χ2n) is 6.90. The zero-order valence-electron chi connectivity index (χ0n) is 14.9. The van der Waals surface area contributed by atoms with E-state index in [2.05, 4.69) is 56.4 Å². The van der Waals surface area contributed by atoms with E-state index in [4.69, 9.17) is 5.73 Å². The molecule has 7 heteroatoms. The van der Waals surface area contributed by atoms with Gasteiger partial charge in [-0.15, -0.1) is 5.10 Å². The fourth-order valence-corrected chi connectivity index (χ4v) is 3.39. The summed E-state index contributed by atoms with van der Waals surface area (Å²) in [6, 6.07) is 10.3. The average molecular weight is 349 g/mol. The number of hydrogen-bond acceptors (Lipinski definition) is 6. The highest BCUT2D eigenvalue weighted by Gasteiger charge is 2.21. The first-order valence-electron chi connectivity index (χ1n) is 8.98. The molecule has 1 saturated heterocycles. The predicted molar refractivity (Wildman–Crippen MR) is 102 cm³/mol. The minimum absolute atomic E-state index is 0.330. The van der Waals surface area contributed by atoms with Crippen molar-refractivity contribution in [3.63, 3.8) is 0 Å². The van der Waals surface area contributed by atoms with Crippen LogP contribution in [-0.4, -0.2) is 38.1 Å². The van der Waals surface area contributed by atoms with Gasteiger partial charge in [-0.25, -0.2) is 4.98 Å². The van der Waals surface area contributed by atoms with Crippen LogP contribution in [0.4, 0.5) is 11.8 Å². The van der Waals surface area contributed by atoms with Crippen molar-refractivity contribution in [1.29, 1.82) is 0 Å². The zero-order chi connectivity index (χ0) is 17.9. The van der Waals surface area contributed by atoms with Gasteiger partial charge in [-0.2, -0.15) is 4.98 Å². The number of hydrogen-bond donors (Lipinski definition) is 1. The smallest absolute Gasteiger partial charge is 0.221 e. The number of nitrogens with zero attached hydrogens (tertiary/aromatic N) is 6. The van der Waals surface area contributed by atoms with Crippen LogP contribution >= 0.6 is 0 Å². The molecule has 3 aromatic rings. The van der Waals surface area contributed by atoms with Gasteiger partial charge in [0.05, 0.1) is 6.20 Å². The van der Waals surface area contributed by atoms with Crippen LogP contribution in [0.2, 0.25) is 0 Å². The van der Waals surface area contributed by atoms with E-state index in [9.17, 15) is 0 Å². The molecule has 0 spiro atoms. The van der Waals surface area contributed by atoms with Gasteiger partial charge in [0.15, 0.2) is 0 Å². The SMILES string of the molecule is Cc1ccc(-c2cn(CC3CCN(c4ccnc(N)n4)CC3)nn2)cc1. The van der Waals surface area contributed by atoms with Crippen molar-refractivity contribution in [3.05, 3.63) is 48.3 Å². The minimum Gasteiger partial charge on any atom is -0.368 e. The molecule has 134 valence electrons. The minimum atomic E-state index is 0.330. The lowest BCUT2D eigenvalue weighted by Gasteiger charge is -2.32. The average Bonchev–Trinajstić information content (AvgIpc) is 3.11. The second-order valence-corrected chi connectivity index (χ2v) is 6.90. The molecule has 0 amide bonds. The van der Waals surface area contributed by atoms with Gasteiger partial charge in [0, 0.05) is 31.4 Å². The van der Waals surface area contributed by atoms with E-state index < -0.39 is 0 Å². The zero-order valence-corrected chi connectivity index (χ0v) is 14.9. The number of benzene rings is 1. The monoisotopic (exact) mass is 349 g/mol. The Kier molecular flexibility index (Phi) is 4.51. The van der Waals surface area contributed by atoms with Gasteiger partial charge < -0.3 is 10.6 Å². The maximum Gasteiger partial charge on any atom is 0.221 e. The Morgan fingerprint density at radius 3 is 2.62 bits per heavy atom. The fourth-order valence-electron chi connectivity index (χ4n) is 3.39. The van der Waals surface area contributed by atoms with E-state index in [-0.39, 0.29) is 0 Å². The first-order chi connectivity index (χ1) is 12.7. The van der Waals surface area contributed by atoms with Crippen LogP contribution in [0.5, 0.6) is 0 Å². The molecule has 0 bridgehead atoms. The Hall–Kier alpha value is -2.96. The molecule has 0 saturated carbocycles. The van der Waals surface area contributed by atoms with Crippen molar-refractivity contribution in [1.82, 2.24) is 25.0 Å². The third-order valence-electron chi connectivity index (χ3n) is 4.93. The van der Waals surface area contributed by atoms with Gasteiger partial charge in [-0.05, 0) is 31.7 Å². The predicted octanol–water partition coefficient (Wildman–Crippen LogP) is 2.54. The molecule has 2 N–H and O–H groups in total. The van der Waals surface area contributed by atoms with Crippen LogP contribution in [0, 0.1) is 12.8 Å². The summed E-state index contributed by atoms with van der Waals surface area (Å²) < 4.78 is 1.97. The largest absolute Gasteiger partial charge is 0.368 e. The molecular formula is C19H23N7. The van der Waals surface area contributed by atoms with E-state index >= 15 is 0 Å². The lowest BCUT2D eigenvalue weighted by Crippen LogP contribution is -2.35. The maximum absolute atomic E-state index is 5.69. The maximum atomic E-state index is 5.69. The summed E-state index contributed by atoms with van der Waals surface area (Å²) in [7, 11) is 0. The number of nitrogens with two attached hydrogens (primary N) is 1. The summed E-state index contributed by atoms with van der Waals surface area (Å²) in [4.78, 5) is 10.5. The molecule has 1 fully saturated rings. The van der Waals surface area contributed by atoms with Gasteiger partial charge in [0.25, 0.3) is 0 Å². The van der Waals surface area contributed by atoms with Gasteiger partial charge in [0.2, 0.25) is 5.95 Å². The molecule has 7 nitrogen and oxygen atoms in total. The summed E-state index contributed by atoms with van der Waals surface area (Å²) in [6.45, 7) is 4.93. The van der Waals surface area contributed by atoms with Crippen LogP contribution in [0.3, 0.4) is 0 Å². The molecule has 0 radical (unpaired) electrons. The second kappa shape index (κ2) is 7.11. The molecule has 0 aliphatic carbocycles. The van der Waals surface area contributed by atoms with E-state index in [1.807, 2.05) is 16.9 Å². The Morgan fingerprint density at radius 1 is 1.12 bits per heavy atom. The highest BCUT2D eigenvalue weighted by molar-refractivity contribution is 5.57. The molecule has 4 rings (SSSR count). The molecule has 3 heterocycles. The quantitative estimate of drug-likeness (QED) is 0.779. The van der Waals surface area contributed by atoms with Crippen molar-refractivity contribution >= 4 is 11.8 Å². The van der Waals surface area contributed by atoms with Crippen molar-refractivity contribution in [3.8, 4) is 11.3 Å². The first-order valence-corrected chi connectivity index (χ1v) is 8.98. The molecule has 0 unspecified atom stereocenters. The summed E-state index contributed by atoms with van der Waals surface area (Å²) in [5, 5.41) is 8.64. The summed E-state index contributed by atoms with van der Waals surface area (Å²) in [5.41, 5.74) is 8.97. The van der Waals surface area contributed by atoms with Crippen LogP contribution in [0.15, 0.2) is 42.7 Å². The highest BCUT2D eigenvalue weighted by atomic mass is 15.4. The molecule has 1 aliphatic rings. The van der Waals surface area contributed by atoms with Crippen molar-refractivity contribution in [2.75, 3.05) is 23.7 Å². The standard InChI is InChI=1S/C19H23N7/c1-14-2-4-16(5-3-14)17-13-26(24-23-17)12-15-7-10-25(11-8-15)18-6-9-21-19(20)22-18/h2-6,9,13,15H,7-8,10-12H2,1H3,(H2,20,21,22). The Balaban J connectivity index is 1.35. The van der Waals surface area contributed by atoms with E-state index in [0.29, 0.717) is 11.9 Å². The number of piperidine rings is 1. The summed E-state index contributed by atoms with van der Waals surface area (Å²) in [5.74, 6) is 1.84. The van der Waals surface area contributed by atoms with E-state index in [0.717, 1.165) is 49.6 Å². The number of nitrogen functional groups attached to an aromatic ring is 1. The number of anilines is 2. The van der Waals surface area contributed by atoms with Crippen LogP contribution < -0.4 is 10.6 Å². The Labute approximate surface area is 152 Å². The topological polar surface area (TPSA) is 85.8 Å². The molecule has 0 atom stereocenters. The molecule has 2 aromatic heterocycles. The van der Waals surface area contributed by atoms with Gasteiger partial charge in [-0.1, -0.05) is 35.0 Å². The Bertz CT molecular complexity index is 864.